The van der Waals surface area contributed by atoms with Crippen LogP contribution in [0.1, 0.15) is 32.6 Å². The Balaban J connectivity index is 2.77. The molecule has 1 N–H and O–H groups in total. The summed E-state index contributed by atoms with van der Waals surface area (Å²) in [5.41, 5.74) is -0.855. The molecule has 0 saturated carbocycles. The van der Waals surface area contributed by atoms with Crippen LogP contribution in [0.4, 0.5) is 4.39 Å². The van der Waals surface area contributed by atoms with Crippen molar-refractivity contribution in [2.24, 2.45) is 0 Å². The lowest BCUT2D eigenvalue weighted by Gasteiger charge is -2.32. The average molecular weight is 294 g/mol. The normalized spacial score (nSPS) is 23.1. The van der Waals surface area contributed by atoms with E-state index in [0.29, 0.717) is 0 Å². The monoisotopic (exact) mass is 293 g/mol. The first-order valence-corrected chi connectivity index (χ1v) is 7.10. The summed E-state index contributed by atoms with van der Waals surface area (Å²) in [5, 5.41) is 9.87. The Hall–Kier alpha value is -0.690. The minimum atomic E-state index is -3.92. The number of rotatable bonds is 0. The average Bonchev–Trinajstić information content (AvgIpc) is 2.31. The summed E-state index contributed by atoms with van der Waals surface area (Å²) < 4.78 is 38.9. The van der Waals surface area contributed by atoms with Crippen molar-refractivity contribution in [2.75, 3.05) is 0 Å². The molecule has 4 nitrogen and oxygen atoms in total. The van der Waals surface area contributed by atoms with Gasteiger partial charge in [0.15, 0.2) is 0 Å². The minimum Gasteiger partial charge on any atom is -0.373 e. The summed E-state index contributed by atoms with van der Waals surface area (Å²) >= 11 is 5.78. The second kappa shape index (κ2) is 3.90. The van der Waals surface area contributed by atoms with Crippen LogP contribution >= 0.6 is 11.6 Å². The number of aliphatic hydroxyl groups excluding tert-OH is 1. The van der Waals surface area contributed by atoms with Crippen LogP contribution in [0.5, 0.6) is 0 Å². The second-order valence-corrected chi connectivity index (χ2v) is 7.31. The van der Waals surface area contributed by atoms with Crippen LogP contribution in [-0.4, -0.2) is 23.4 Å². The van der Waals surface area contributed by atoms with Gasteiger partial charge in [0.2, 0.25) is 10.0 Å². The number of benzene rings is 1. The summed E-state index contributed by atoms with van der Waals surface area (Å²) in [6.45, 7) is 4.93. The van der Waals surface area contributed by atoms with Crippen molar-refractivity contribution in [1.29, 1.82) is 0 Å². The number of hydrogen-bond acceptors (Lipinski definition) is 3. The van der Waals surface area contributed by atoms with E-state index in [-0.39, 0.29) is 15.5 Å². The van der Waals surface area contributed by atoms with E-state index >= 15 is 0 Å². The van der Waals surface area contributed by atoms with E-state index < -0.39 is 27.6 Å². The van der Waals surface area contributed by atoms with Gasteiger partial charge in [-0.25, -0.2) is 12.8 Å². The van der Waals surface area contributed by atoms with E-state index in [0.717, 1.165) is 16.4 Å². The van der Waals surface area contributed by atoms with Crippen LogP contribution in [0.3, 0.4) is 0 Å². The predicted molar refractivity (Wildman–Crippen MR) is 65.1 cm³/mol. The van der Waals surface area contributed by atoms with Crippen molar-refractivity contribution in [2.45, 2.75) is 37.4 Å². The fourth-order valence-corrected chi connectivity index (χ4v) is 4.70. The molecule has 0 fully saturated rings. The Kier molecular flexibility index (Phi) is 2.98. The topological polar surface area (TPSA) is 57.6 Å². The van der Waals surface area contributed by atoms with E-state index in [2.05, 4.69) is 0 Å². The summed E-state index contributed by atoms with van der Waals surface area (Å²) in [6, 6.07) is 1.92. The van der Waals surface area contributed by atoms with E-state index in [1.165, 1.54) is 0 Å². The van der Waals surface area contributed by atoms with Gasteiger partial charge in [-0.15, -0.1) is 0 Å². The standard InChI is InChI=1S/C11H13ClFNO3S/c1-11(2,3)14-10(15)7-4-6(13)5-8(12)9(7)18(14,16)17/h4-5,10,15H,1-3H3. The molecule has 1 aromatic carbocycles. The highest BCUT2D eigenvalue weighted by atomic mass is 35.5. The van der Waals surface area contributed by atoms with E-state index in [9.17, 15) is 17.9 Å². The molecule has 18 heavy (non-hydrogen) atoms. The Morgan fingerprint density at radius 2 is 1.94 bits per heavy atom. The van der Waals surface area contributed by atoms with Crippen molar-refractivity contribution < 1.29 is 17.9 Å². The Morgan fingerprint density at radius 3 is 2.44 bits per heavy atom. The van der Waals surface area contributed by atoms with Crippen molar-refractivity contribution in [3.05, 3.63) is 28.5 Å². The lowest BCUT2D eigenvalue weighted by molar-refractivity contribution is 0.0206. The van der Waals surface area contributed by atoms with Gasteiger partial charge in [0.05, 0.1) is 5.02 Å². The molecule has 0 radical (unpaired) electrons. The molecule has 0 amide bonds. The third-order valence-electron chi connectivity index (χ3n) is 2.72. The van der Waals surface area contributed by atoms with E-state index in [4.69, 9.17) is 11.6 Å². The molecule has 1 aliphatic rings. The molecule has 7 heteroatoms. The van der Waals surface area contributed by atoms with Crippen molar-refractivity contribution in [1.82, 2.24) is 4.31 Å². The predicted octanol–water partition coefficient (Wildman–Crippen LogP) is 2.27. The Bertz CT molecular complexity index is 609. The van der Waals surface area contributed by atoms with Crippen molar-refractivity contribution in [3.63, 3.8) is 0 Å². The second-order valence-electron chi connectivity index (χ2n) is 5.15. The number of sulfonamides is 1. The first kappa shape index (κ1) is 13.7. The molecule has 0 bridgehead atoms. The van der Waals surface area contributed by atoms with Crippen LogP contribution in [0.2, 0.25) is 5.02 Å². The molecule has 1 aromatic rings. The van der Waals surface area contributed by atoms with Crippen LogP contribution in [0.25, 0.3) is 0 Å². The van der Waals surface area contributed by atoms with Gasteiger partial charge in [0.1, 0.15) is 16.9 Å². The molecule has 0 saturated heterocycles. The van der Waals surface area contributed by atoms with Crippen LogP contribution in [0, 0.1) is 5.82 Å². The van der Waals surface area contributed by atoms with E-state index in [1.807, 2.05) is 0 Å². The minimum absolute atomic E-state index is 0.0186. The Labute approximate surface area is 110 Å². The van der Waals surface area contributed by atoms with Crippen LogP contribution in [-0.2, 0) is 10.0 Å². The van der Waals surface area contributed by atoms with Gasteiger partial charge >= 0.3 is 0 Å². The van der Waals surface area contributed by atoms with Gasteiger partial charge in [-0.3, -0.25) is 0 Å². The third-order valence-corrected chi connectivity index (χ3v) is 5.36. The van der Waals surface area contributed by atoms with Gasteiger partial charge in [0.25, 0.3) is 0 Å². The van der Waals surface area contributed by atoms with E-state index in [1.54, 1.807) is 20.8 Å². The maximum atomic E-state index is 13.3. The molecule has 1 unspecified atom stereocenters. The molecule has 1 atom stereocenters. The number of halogens is 2. The smallest absolute Gasteiger partial charge is 0.247 e. The number of fused-ring (bicyclic) bond motifs is 1. The quantitative estimate of drug-likeness (QED) is 0.798. The lowest BCUT2D eigenvalue weighted by Crippen LogP contribution is -2.43. The molecule has 2 rings (SSSR count). The summed E-state index contributed by atoms with van der Waals surface area (Å²) in [5.74, 6) is -0.677. The van der Waals surface area contributed by atoms with Crippen molar-refractivity contribution in [3.8, 4) is 0 Å². The zero-order chi connectivity index (χ0) is 13.9. The zero-order valence-corrected chi connectivity index (χ0v) is 11.7. The first-order chi connectivity index (χ1) is 8.06. The summed E-state index contributed by atoms with van der Waals surface area (Å²) in [6.07, 6.45) is -1.42. The molecule has 0 aromatic heterocycles. The number of hydrogen-bond donors (Lipinski definition) is 1. The first-order valence-electron chi connectivity index (χ1n) is 5.28. The molecular formula is C11H13ClFNO3S. The molecule has 1 heterocycles. The van der Waals surface area contributed by atoms with Gasteiger partial charge in [0, 0.05) is 11.1 Å². The number of aliphatic hydroxyl groups is 1. The fraction of sp³-hybridized carbons (Fsp3) is 0.455. The van der Waals surface area contributed by atoms with Crippen LogP contribution in [0.15, 0.2) is 17.0 Å². The largest absolute Gasteiger partial charge is 0.373 e. The summed E-state index contributed by atoms with van der Waals surface area (Å²) in [4.78, 5) is -0.215. The summed E-state index contributed by atoms with van der Waals surface area (Å²) in [7, 11) is -3.92. The molecule has 0 aliphatic carbocycles. The molecule has 100 valence electrons. The highest BCUT2D eigenvalue weighted by molar-refractivity contribution is 7.89. The highest BCUT2D eigenvalue weighted by Gasteiger charge is 2.48. The van der Waals surface area contributed by atoms with Crippen LogP contribution < -0.4 is 0 Å². The maximum Gasteiger partial charge on any atom is 0.247 e. The maximum absolute atomic E-state index is 13.3. The third kappa shape index (κ3) is 1.84. The lowest BCUT2D eigenvalue weighted by atomic mass is 10.1. The highest BCUT2D eigenvalue weighted by Crippen LogP contribution is 2.45. The SMILES string of the molecule is CC(C)(C)N1C(O)c2cc(F)cc(Cl)c2S1(=O)=O. The molecule has 0 spiro atoms. The molecular weight excluding hydrogens is 281 g/mol. The Morgan fingerprint density at radius 1 is 1.39 bits per heavy atom. The number of nitrogens with zero attached hydrogens (tertiary/aromatic N) is 1. The van der Waals surface area contributed by atoms with Gasteiger partial charge in [-0.05, 0) is 32.9 Å². The van der Waals surface area contributed by atoms with Gasteiger partial charge < -0.3 is 5.11 Å². The zero-order valence-electron chi connectivity index (χ0n) is 10.1. The van der Waals surface area contributed by atoms with Gasteiger partial charge in [-0.2, -0.15) is 4.31 Å². The van der Waals surface area contributed by atoms with Crippen molar-refractivity contribution >= 4 is 21.6 Å². The van der Waals surface area contributed by atoms with Gasteiger partial charge in [-0.1, -0.05) is 11.6 Å². The molecule has 1 aliphatic heterocycles. The fourth-order valence-electron chi connectivity index (χ4n) is 2.13.